The normalized spacial score (nSPS) is 20.1. The van der Waals surface area contributed by atoms with E-state index in [0.29, 0.717) is 45.2 Å². The fraction of sp³-hybridized carbons (Fsp3) is 0.500. The minimum atomic E-state index is -3.94. The van der Waals surface area contributed by atoms with Gasteiger partial charge in [0.25, 0.3) is 5.91 Å². The van der Waals surface area contributed by atoms with Gasteiger partial charge in [0.2, 0.25) is 5.91 Å². The van der Waals surface area contributed by atoms with E-state index in [1.165, 1.54) is 38.9 Å². The first-order valence-corrected chi connectivity index (χ1v) is 16.5. The molecule has 0 bridgehead atoms. The summed E-state index contributed by atoms with van der Waals surface area (Å²) in [6, 6.07) is 13.9. The molecule has 9 nitrogen and oxygen atoms in total. The molecule has 2 aromatic carbocycles. The molecule has 42 heavy (non-hydrogen) atoms. The molecule has 3 aliphatic rings. The van der Waals surface area contributed by atoms with E-state index in [0.717, 1.165) is 51.3 Å². The molecule has 1 aromatic heterocycles. The summed E-state index contributed by atoms with van der Waals surface area (Å²) in [4.78, 5) is 29.2. The van der Waals surface area contributed by atoms with E-state index < -0.39 is 16.1 Å². The molecule has 1 N–H and O–H groups in total. The zero-order valence-corrected chi connectivity index (χ0v) is 25.3. The fourth-order valence-corrected chi connectivity index (χ4v) is 7.47. The van der Waals surface area contributed by atoms with Crippen LogP contribution in [-0.2, 0) is 32.7 Å². The molecule has 1 saturated carbocycles. The van der Waals surface area contributed by atoms with Crippen molar-refractivity contribution in [3.8, 4) is 11.3 Å². The van der Waals surface area contributed by atoms with Gasteiger partial charge in [0.05, 0.1) is 18.2 Å². The highest BCUT2D eigenvalue weighted by Crippen LogP contribution is 2.46. The van der Waals surface area contributed by atoms with Crippen LogP contribution in [0.5, 0.6) is 0 Å². The Kier molecular flexibility index (Phi) is 8.13. The van der Waals surface area contributed by atoms with Crippen molar-refractivity contribution in [1.82, 2.24) is 18.5 Å². The molecule has 0 spiro atoms. The van der Waals surface area contributed by atoms with E-state index in [-0.39, 0.29) is 17.4 Å². The first-order valence-electron chi connectivity index (χ1n) is 15.1. The Hall–Kier alpha value is -3.21. The van der Waals surface area contributed by atoms with Crippen molar-refractivity contribution in [2.24, 2.45) is 5.92 Å². The molecule has 1 unspecified atom stereocenters. The third kappa shape index (κ3) is 5.47. The van der Waals surface area contributed by atoms with Gasteiger partial charge in [-0.1, -0.05) is 49.6 Å². The maximum absolute atomic E-state index is 14.0. The Morgan fingerprint density at radius 2 is 1.76 bits per heavy atom. The van der Waals surface area contributed by atoms with Crippen molar-refractivity contribution in [3.05, 3.63) is 59.2 Å². The van der Waals surface area contributed by atoms with Gasteiger partial charge in [-0.25, -0.2) is 4.72 Å². The molecule has 3 heterocycles. The topological polar surface area (TPSA) is 101 Å². The standard InChI is InChI=1S/C32H40N4O5S/c1-34(2)42(39,40)33-31(37)24-13-14-27-28(20-24)36-21-25(32(38)35-15-8-17-41-18-16-35)19-23-11-6-7-12-26(23)30(36)29(27)22-9-4-3-5-10-22/h6-7,11-14,20,22,25H,3-5,8-10,15-19,21H2,1-2H3,(H,33,37). The van der Waals surface area contributed by atoms with Crippen LogP contribution in [0.1, 0.15) is 65.9 Å². The summed E-state index contributed by atoms with van der Waals surface area (Å²) in [6.45, 7) is 2.99. The number of fused-ring (bicyclic) bond motifs is 5. The van der Waals surface area contributed by atoms with E-state index in [4.69, 9.17) is 4.74 Å². The molecular formula is C32H40N4O5S. The predicted molar refractivity (Wildman–Crippen MR) is 162 cm³/mol. The summed E-state index contributed by atoms with van der Waals surface area (Å²) in [6.07, 6.45) is 7.27. The molecule has 0 radical (unpaired) electrons. The molecule has 224 valence electrons. The number of hydrogen-bond donors (Lipinski definition) is 1. The first kappa shape index (κ1) is 28.9. The van der Waals surface area contributed by atoms with Crippen molar-refractivity contribution in [2.75, 3.05) is 40.4 Å². The number of hydrogen-bond acceptors (Lipinski definition) is 5. The second kappa shape index (κ2) is 11.8. The summed E-state index contributed by atoms with van der Waals surface area (Å²) < 4.78 is 35.9. The zero-order chi connectivity index (χ0) is 29.4. The highest BCUT2D eigenvalue weighted by Gasteiger charge is 2.34. The van der Waals surface area contributed by atoms with E-state index in [1.807, 2.05) is 17.0 Å². The Balaban J connectivity index is 1.51. The monoisotopic (exact) mass is 592 g/mol. The Morgan fingerprint density at radius 1 is 0.976 bits per heavy atom. The van der Waals surface area contributed by atoms with Gasteiger partial charge >= 0.3 is 10.2 Å². The molecular weight excluding hydrogens is 552 g/mol. The summed E-state index contributed by atoms with van der Waals surface area (Å²) in [5, 5.41) is 1.08. The van der Waals surface area contributed by atoms with Crippen molar-refractivity contribution >= 4 is 32.9 Å². The number of nitrogens with one attached hydrogen (secondary N) is 1. The predicted octanol–water partition coefficient (Wildman–Crippen LogP) is 4.31. The van der Waals surface area contributed by atoms with Crippen molar-refractivity contribution in [2.45, 2.75) is 57.4 Å². The summed E-state index contributed by atoms with van der Waals surface area (Å²) in [5.41, 5.74) is 5.88. The number of ether oxygens (including phenoxy) is 1. The SMILES string of the molecule is CN(C)S(=O)(=O)NC(=O)c1ccc2c(C3CCCCC3)c3n(c2c1)CC(C(=O)N1CCCOCC1)Cc1ccccc1-3. The van der Waals surface area contributed by atoms with Crippen LogP contribution in [0, 0.1) is 5.92 Å². The molecule has 2 amide bonds. The second-order valence-corrected chi connectivity index (χ2v) is 13.9. The van der Waals surface area contributed by atoms with Gasteiger partial charge in [-0.15, -0.1) is 0 Å². The van der Waals surface area contributed by atoms with Crippen molar-refractivity contribution in [1.29, 1.82) is 0 Å². The van der Waals surface area contributed by atoms with Gasteiger partial charge in [0, 0.05) is 62.4 Å². The Bertz CT molecular complexity index is 1600. The quantitative estimate of drug-likeness (QED) is 0.476. The van der Waals surface area contributed by atoms with Crippen LogP contribution in [-0.4, -0.2) is 74.4 Å². The van der Waals surface area contributed by atoms with Crippen LogP contribution in [0.4, 0.5) is 0 Å². The maximum Gasteiger partial charge on any atom is 0.303 e. The fourth-order valence-electron chi connectivity index (χ4n) is 6.94. The first-order chi connectivity index (χ1) is 20.2. The van der Waals surface area contributed by atoms with Crippen molar-refractivity contribution < 1.29 is 22.7 Å². The highest BCUT2D eigenvalue weighted by molar-refractivity contribution is 7.87. The van der Waals surface area contributed by atoms with Crippen LogP contribution in [0.3, 0.4) is 0 Å². The van der Waals surface area contributed by atoms with Gasteiger partial charge in [-0.05, 0) is 54.9 Å². The molecule has 2 aliphatic heterocycles. The van der Waals surface area contributed by atoms with Crippen molar-refractivity contribution in [3.63, 3.8) is 0 Å². The largest absolute Gasteiger partial charge is 0.380 e. The third-order valence-electron chi connectivity index (χ3n) is 9.11. The van der Waals surface area contributed by atoms with Gasteiger partial charge in [-0.3, -0.25) is 9.59 Å². The molecule has 3 aromatic rings. The van der Waals surface area contributed by atoms with Gasteiger partial charge in [0.1, 0.15) is 0 Å². The lowest BCUT2D eigenvalue weighted by molar-refractivity contribution is -0.136. The van der Waals surface area contributed by atoms with E-state index in [9.17, 15) is 18.0 Å². The minimum Gasteiger partial charge on any atom is -0.380 e. The molecule has 6 rings (SSSR count). The molecule has 10 heteroatoms. The molecule has 1 aliphatic carbocycles. The second-order valence-electron chi connectivity index (χ2n) is 12.0. The van der Waals surface area contributed by atoms with E-state index >= 15 is 0 Å². The third-order valence-corrected chi connectivity index (χ3v) is 10.5. The van der Waals surface area contributed by atoms with Gasteiger partial charge < -0.3 is 14.2 Å². The average molecular weight is 593 g/mol. The van der Waals surface area contributed by atoms with Crippen LogP contribution in [0.15, 0.2) is 42.5 Å². The van der Waals surface area contributed by atoms with Gasteiger partial charge in [0.15, 0.2) is 0 Å². The number of benzene rings is 2. The smallest absolute Gasteiger partial charge is 0.303 e. The average Bonchev–Trinajstić information content (AvgIpc) is 3.16. The lowest BCUT2D eigenvalue weighted by atomic mass is 9.81. The number of carbonyl (C=O) groups is 2. The lowest BCUT2D eigenvalue weighted by Gasteiger charge is -2.26. The summed E-state index contributed by atoms with van der Waals surface area (Å²) in [7, 11) is -1.18. The summed E-state index contributed by atoms with van der Waals surface area (Å²) in [5.74, 6) is -0.428. The van der Waals surface area contributed by atoms with E-state index in [2.05, 4.69) is 27.5 Å². The zero-order valence-electron chi connectivity index (χ0n) is 24.5. The van der Waals surface area contributed by atoms with Crippen LogP contribution in [0.25, 0.3) is 22.2 Å². The molecule has 1 atom stereocenters. The Morgan fingerprint density at radius 3 is 2.55 bits per heavy atom. The maximum atomic E-state index is 14.0. The molecule has 2 fully saturated rings. The number of nitrogens with zero attached hydrogens (tertiary/aromatic N) is 3. The number of aromatic nitrogens is 1. The summed E-state index contributed by atoms with van der Waals surface area (Å²) >= 11 is 0. The van der Waals surface area contributed by atoms with Gasteiger partial charge in [-0.2, -0.15) is 12.7 Å². The molecule has 1 saturated heterocycles. The minimum absolute atomic E-state index is 0.134. The van der Waals surface area contributed by atoms with Crippen LogP contribution < -0.4 is 4.72 Å². The highest BCUT2D eigenvalue weighted by atomic mass is 32.2. The van der Waals surface area contributed by atoms with Crippen LogP contribution in [0.2, 0.25) is 0 Å². The Labute approximate surface area is 248 Å². The van der Waals surface area contributed by atoms with Crippen LogP contribution >= 0.6 is 0 Å². The number of carbonyl (C=O) groups excluding carboxylic acids is 2. The lowest BCUT2D eigenvalue weighted by Crippen LogP contribution is -2.40. The number of amides is 2. The number of rotatable bonds is 5. The van der Waals surface area contributed by atoms with E-state index in [1.54, 1.807) is 12.1 Å².